The van der Waals surface area contributed by atoms with Crippen LogP contribution in [0.2, 0.25) is 0 Å². The normalized spacial score (nSPS) is 18.4. The van der Waals surface area contributed by atoms with Crippen LogP contribution in [0.3, 0.4) is 0 Å². The number of allylic oxidation sites excluding steroid dienone is 4. The Labute approximate surface area is 178 Å². The second-order valence-corrected chi connectivity index (χ2v) is 7.87. The van der Waals surface area contributed by atoms with Crippen LogP contribution in [0, 0.1) is 5.92 Å². The summed E-state index contributed by atoms with van der Waals surface area (Å²) in [5.74, 6) is 0.426. The summed E-state index contributed by atoms with van der Waals surface area (Å²) in [5, 5.41) is 3.07. The van der Waals surface area contributed by atoms with E-state index in [4.69, 9.17) is 0 Å². The maximum atomic E-state index is 13.1. The quantitative estimate of drug-likeness (QED) is 0.814. The monoisotopic (exact) mass is 397 g/mol. The zero-order valence-electron chi connectivity index (χ0n) is 17.3. The van der Waals surface area contributed by atoms with Crippen LogP contribution in [0.5, 0.6) is 0 Å². The predicted molar refractivity (Wildman–Crippen MR) is 123 cm³/mol. The molecule has 1 amide bonds. The number of nitrogens with zero attached hydrogens (tertiary/aromatic N) is 2. The highest BCUT2D eigenvalue weighted by Gasteiger charge is 2.20. The summed E-state index contributed by atoms with van der Waals surface area (Å²) in [6.07, 6.45) is 17.1. The zero-order chi connectivity index (χ0) is 20.8. The molecule has 0 saturated heterocycles. The Morgan fingerprint density at radius 3 is 3.03 bits per heavy atom. The molecule has 4 heteroatoms. The number of aliphatic imine (C=N–C) groups is 1. The lowest BCUT2D eigenvalue weighted by molar-refractivity contribution is -0.114. The van der Waals surface area contributed by atoms with Gasteiger partial charge in [-0.3, -0.25) is 14.8 Å². The summed E-state index contributed by atoms with van der Waals surface area (Å²) in [5.41, 5.74) is 5.82. The molecular weight excluding hydrogens is 370 g/mol. The van der Waals surface area contributed by atoms with Gasteiger partial charge in [0.05, 0.1) is 0 Å². The van der Waals surface area contributed by atoms with Crippen LogP contribution < -0.4 is 5.32 Å². The largest absolute Gasteiger partial charge is 0.347 e. The van der Waals surface area contributed by atoms with Gasteiger partial charge in [-0.05, 0) is 54.0 Å². The molecule has 1 aromatic heterocycles. The number of nitrogens with one attached hydrogen (secondary N) is 1. The highest BCUT2D eigenvalue weighted by atomic mass is 16.1. The number of rotatable bonds is 4. The number of hydrogen-bond donors (Lipinski definition) is 1. The third-order valence-corrected chi connectivity index (χ3v) is 5.49. The zero-order valence-corrected chi connectivity index (χ0v) is 17.3. The second-order valence-electron chi connectivity index (χ2n) is 7.87. The molecule has 30 heavy (non-hydrogen) atoms. The van der Waals surface area contributed by atoms with Crippen LogP contribution in [0.15, 0.2) is 83.7 Å². The molecule has 1 atom stereocenters. The maximum Gasteiger partial charge on any atom is 0.270 e. The van der Waals surface area contributed by atoms with Gasteiger partial charge in [0.2, 0.25) is 0 Å². The number of carbonyl (C=O) groups is 1. The standard InChI is InChI=1S/C26H27N3O/c1-19-6-2-8-20(9-3-7-19)17-29-26(30)25-24-16-22(23-11-4-14-27-18-23)13-12-21(24)10-5-15-28-25/h2-4,6,8-9,11-14,16,18-19H,5,7,10,15,17H2,1H3,(H,29,30). The van der Waals surface area contributed by atoms with Gasteiger partial charge in [0, 0.05) is 36.6 Å². The van der Waals surface area contributed by atoms with Gasteiger partial charge < -0.3 is 5.32 Å². The number of amides is 1. The van der Waals surface area contributed by atoms with E-state index in [9.17, 15) is 4.79 Å². The molecule has 4 rings (SSSR count). The Hall–Kier alpha value is -3.27. The van der Waals surface area contributed by atoms with E-state index in [2.05, 4.69) is 70.8 Å². The summed E-state index contributed by atoms with van der Waals surface area (Å²) in [6.45, 7) is 3.36. The predicted octanol–water partition coefficient (Wildman–Crippen LogP) is 4.68. The first-order valence-electron chi connectivity index (χ1n) is 10.6. The van der Waals surface area contributed by atoms with Gasteiger partial charge in [0.15, 0.2) is 0 Å². The first kappa shape index (κ1) is 20.0. The number of hydrogen-bond acceptors (Lipinski definition) is 3. The number of benzene rings is 1. The summed E-state index contributed by atoms with van der Waals surface area (Å²) in [6, 6.07) is 10.3. The van der Waals surface area contributed by atoms with E-state index in [0.29, 0.717) is 24.7 Å². The van der Waals surface area contributed by atoms with Gasteiger partial charge >= 0.3 is 0 Å². The molecule has 0 bridgehead atoms. The first-order valence-corrected chi connectivity index (χ1v) is 10.6. The minimum atomic E-state index is -0.116. The van der Waals surface area contributed by atoms with Crippen molar-refractivity contribution in [2.45, 2.75) is 26.2 Å². The molecule has 2 aromatic rings. The Morgan fingerprint density at radius 2 is 2.17 bits per heavy atom. The highest BCUT2D eigenvalue weighted by molar-refractivity contribution is 6.45. The summed E-state index contributed by atoms with van der Waals surface area (Å²) < 4.78 is 0. The van der Waals surface area contributed by atoms with Crippen molar-refractivity contribution in [1.29, 1.82) is 0 Å². The van der Waals surface area contributed by atoms with Gasteiger partial charge in [-0.25, -0.2) is 0 Å². The molecular formula is C26H27N3O. The van der Waals surface area contributed by atoms with E-state index in [1.54, 1.807) is 6.20 Å². The van der Waals surface area contributed by atoms with Gasteiger partial charge in [-0.1, -0.05) is 55.5 Å². The minimum Gasteiger partial charge on any atom is -0.347 e. The Balaban J connectivity index is 1.56. The van der Waals surface area contributed by atoms with Crippen LogP contribution in [-0.4, -0.2) is 29.7 Å². The van der Waals surface area contributed by atoms with Crippen LogP contribution in [-0.2, 0) is 11.2 Å². The van der Waals surface area contributed by atoms with Crippen molar-refractivity contribution in [3.05, 3.63) is 89.8 Å². The van der Waals surface area contributed by atoms with E-state index in [1.165, 1.54) is 5.56 Å². The molecule has 0 radical (unpaired) electrons. The van der Waals surface area contributed by atoms with E-state index < -0.39 is 0 Å². The van der Waals surface area contributed by atoms with Crippen LogP contribution >= 0.6 is 0 Å². The molecule has 0 spiro atoms. The maximum absolute atomic E-state index is 13.1. The van der Waals surface area contributed by atoms with Crippen LogP contribution in [0.4, 0.5) is 0 Å². The van der Waals surface area contributed by atoms with Crippen molar-refractivity contribution < 1.29 is 4.79 Å². The average molecular weight is 398 g/mol. The summed E-state index contributed by atoms with van der Waals surface area (Å²) in [4.78, 5) is 21.9. The topological polar surface area (TPSA) is 54.4 Å². The number of aromatic nitrogens is 1. The lowest BCUT2D eigenvalue weighted by Gasteiger charge is -2.13. The Morgan fingerprint density at radius 1 is 1.23 bits per heavy atom. The fourth-order valence-corrected chi connectivity index (χ4v) is 3.79. The van der Waals surface area contributed by atoms with Crippen LogP contribution in [0.25, 0.3) is 11.1 Å². The smallest absolute Gasteiger partial charge is 0.270 e. The lowest BCUT2D eigenvalue weighted by atomic mass is 9.95. The summed E-state index contributed by atoms with van der Waals surface area (Å²) >= 11 is 0. The highest BCUT2D eigenvalue weighted by Crippen LogP contribution is 2.25. The van der Waals surface area contributed by atoms with E-state index in [0.717, 1.165) is 41.5 Å². The van der Waals surface area contributed by atoms with Gasteiger partial charge in [-0.15, -0.1) is 0 Å². The van der Waals surface area contributed by atoms with Crippen molar-refractivity contribution in [3.8, 4) is 11.1 Å². The second kappa shape index (κ2) is 9.49. The van der Waals surface area contributed by atoms with Crippen LogP contribution in [0.1, 0.15) is 30.9 Å². The third-order valence-electron chi connectivity index (χ3n) is 5.49. The molecule has 4 nitrogen and oxygen atoms in total. The number of aryl methyl sites for hydroxylation is 1. The Bertz CT molecular complexity index is 1030. The molecule has 152 valence electrons. The van der Waals surface area contributed by atoms with Crippen molar-refractivity contribution in [2.75, 3.05) is 13.1 Å². The average Bonchev–Trinajstić information content (AvgIpc) is 2.97. The molecule has 2 aliphatic rings. The number of pyridine rings is 1. The lowest BCUT2D eigenvalue weighted by Crippen LogP contribution is -2.33. The number of fused-ring (bicyclic) bond motifs is 1. The molecule has 2 heterocycles. The molecule has 1 aromatic carbocycles. The Kier molecular flexibility index (Phi) is 6.33. The molecule has 0 fully saturated rings. The van der Waals surface area contributed by atoms with Gasteiger partial charge in [0.25, 0.3) is 5.91 Å². The van der Waals surface area contributed by atoms with E-state index >= 15 is 0 Å². The van der Waals surface area contributed by atoms with E-state index in [1.807, 2.05) is 18.3 Å². The minimum absolute atomic E-state index is 0.116. The van der Waals surface area contributed by atoms with Crippen molar-refractivity contribution in [3.63, 3.8) is 0 Å². The third kappa shape index (κ3) is 4.82. The van der Waals surface area contributed by atoms with Gasteiger partial charge in [0.1, 0.15) is 5.71 Å². The van der Waals surface area contributed by atoms with Crippen molar-refractivity contribution in [1.82, 2.24) is 10.3 Å². The SMILES string of the molecule is CC1C=CC=C(CNC(=O)C2=NCCCc3ccc(-c4cccnc4)cc32)C=CC1. The van der Waals surface area contributed by atoms with E-state index in [-0.39, 0.29) is 5.91 Å². The van der Waals surface area contributed by atoms with Crippen molar-refractivity contribution in [2.24, 2.45) is 10.9 Å². The number of carbonyl (C=O) groups excluding carboxylic acids is 1. The molecule has 1 N–H and O–H groups in total. The molecule has 1 aliphatic heterocycles. The molecule has 0 saturated carbocycles. The fourth-order valence-electron chi connectivity index (χ4n) is 3.79. The molecule has 1 unspecified atom stereocenters. The van der Waals surface area contributed by atoms with Gasteiger partial charge in [-0.2, -0.15) is 0 Å². The first-order chi connectivity index (χ1) is 14.7. The fraction of sp³-hybridized carbons (Fsp3) is 0.269. The summed E-state index contributed by atoms with van der Waals surface area (Å²) in [7, 11) is 0. The van der Waals surface area contributed by atoms with Crippen molar-refractivity contribution >= 4 is 11.6 Å². The molecule has 1 aliphatic carbocycles.